The van der Waals surface area contributed by atoms with E-state index in [0.717, 1.165) is 17.3 Å². The Bertz CT molecular complexity index is 1060. The van der Waals surface area contributed by atoms with Gasteiger partial charge in [-0.15, -0.1) is 6.58 Å². The number of benzene rings is 2. The van der Waals surface area contributed by atoms with Crippen LogP contribution >= 0.6 is 0 Å². The molecule has 0 saturated heterocycles. The molecule has 2 aliphatic rings. The molecule has 0 bridgehead atoms. The highest BCUT2D eigenvalue weighted by Gasteiger charge is 2.59. The zero-order valence-corrected chi connectivity index (χ0v) is 16.5. The number of rotatable bonds is 2. The summed E-state index contributed by atoms with van der Waals surface area (Å²) in [5.41, 5.74) is 3.20. The summed E-state index contributed by atoms with van der Waals surface area (Å²) in [6.07, 6.45) is 5.70. The smallest absolute Gasteiger partial charge is 0.178 e. The van der Waals surface area contributed by atoms with Crippen LogP contribution in [0, 0.1) is 5.41 Å². The second-order valence-electron chi connectivity index (χ2n) is 8.30. The van der Waals surface area contributed by atoms with Crippen LogP contribution in [0.25, 0.3) is 0 Å². The van der Waals surface area contributed by atoms with Gasteiger partial charge >= 0.3 is 0 Å². The number of nitrogens with zero attached hydrogens (tertiary/aromatic N) is 4. The van der Waals surface area contributed by atoms with Crippen molar-refractivity contribution in [3.05, 3.63) is 85.2 Å². The van der Waals surface area contributed by atoms with Crippen LogP contribution in [0.2, 0.25) is 0 Å². The zero-order chi connectivity index (χ0) is 19.5. The lowest BCUT2D eigenvalue weighted by atomic mass is 9.58. The minimum absolute atomic E-state index is 0.0326. The van der Waals surface area contributed by atoms with Gasteiger partial charge in [-0.2, -0.15) is 0 Å². The molecule has 140 valence electrons. The lowest BCUT2D eigenvalue weighted by molar-refractivity contribution is 0.171. The maximum absolute atomic E-state index is 4.75. The van der Waals surface area contributed by atoms with Crippen molar-refractivity contribution in [1.29, 1.82) is 0 Å². The van der Waals surface area contributed by atoms with Crippen molar-refractivity contribution in [2.75, 3.05) is 9.80 Å². The molecule has 3 heterocycles. The van der Waals surface area contributed by atoms with Gasteiger partial charge in [-0.25, -0.2) is 9.97 Å². The summed E-state index contributed by atoms with van der Waals surface area (Å²) in [4.78, 5) is 14.2. The Kier molecular flexibility index (Phi) is 3.45. The Hall–Kier alpha value is -3.14. The summed E-state index contributed by atoms with van der Waals surface area (Å²) in [7, 11) is 0. The van der Waals surface area contributed by atoms with E-state index >= 15 is 0 Å². The minimum Gasteiger partial charge on any atom is -0.301 e. The summed E-state index contributed by atoms with van der Waals surface area (Å²) in [6.45, 7) is 11.2. The average molecular weight is 368 g/mol. The van der Waals surface area contributed by atoms with Gasteiger partial charge in [0.15, 0.2) is 11.6 Å². The number of anilines is 4. The van der Waals surface area contributed by atoms with E-state index in [9.17, 15) is 0 Å². The first-order valence-electron chi connectivity index (χ1n) is 9.68. The fraction of sp³-hybridized carbons (Fsp3) is 0.250. The molecule has 0 fully saturated rings. The molecule has 3 aromatic rings. The average Bonchev–Trinajstić information content (AvgIpc) is 3.09. The largest absolute Gasteiger partial charge is 0.301 e. The number of para-hydroxylation sites is 2. The Balaban J connectivity index is 1.86. The molecule has 4 nitrogen and oxygen atoms in total. The van der Waals surface area contributed by atoms with Crippen molar-refractivity contribution in [3.8, 4) is 0 Å². The Morgan fingerprint density at radius 2 is 1.46 bits per heavy atom. The van der Waals surface area contributed by atoms with E-state index in [0.29, 0.717) is 0 Å². The van der Waals surface area contributed by atoms with Crippen LogP contribution in [0.1, 0.15) is 26.3 Å². The van der Waals surface area contributed by atoms with Crippen LogP contribution in [-0.2, 0) is 5.41 Å². The van der Waals surface area contributed by atoms with Crippen molar-refractivity contribution in [1.82, 2.24) is 9.97 Å². The topological polar surface area (TPSA) is 32.3 Å². The molecule has 1 aromatic heterocycles. The molecule has 4 heteroatoms. The second-order valence-corrected chi connectivity index (χ2v) is 8.30. The molecule has 0 amide bonds. The van der Waals surface area contributed by atoms with E-state index in [1.165, 1.54) is 11.3 Å². The molecule has 5 rings (SSSR count). The molecule has 0 aliphatic carbocycles. The first-order chi connectivity index (χ1) is 13.5. The molecule has 2 unspecified atom stereocenters. The lowest BCUT2D eigenvalue weighted by Gasteiger charge is -2.56. The molecule has 28 heavy (non-hydrogen) atoms. The summed E-state index contributed by atoms with van der Waals surface area (Å²) in [5.74, 6) is 1.80. The zero-order valence-electron chi connectivity index (χ0n) is 16.5. The van der Waals surface area contributed by atoms with E-state index in [2.05, 4.69) is 91.8 Å². The molecular formula is C24H24N4. The van der Waals surface area contributed by atoms with E-state index in [1.807, 2.05) is 6.07 Å². The first-order valence-corrected chi connectivity index (χ1v) is 9.68. The van der Waals surface area contributed by atoms with Gasteiger partial charge in [0, 0.05) is 34.6 Å². The van der Waals surface area contributed by atoms with Crippen LogP contribution in [0.5, 0.6) is 0 Å². The van der Waals surface area contributed by atoms with Crippen LogP contribution in [-0.4, -0.2) is 16.1 Å². The van der Waals surface area contributed by atoms with Crippen LogP contribution in [0.15, 0.2) is 79.6 Å². The van der Waals surface area contributed by atoms with Gasteiger partial charge in [-0.05, 0) is 23.8 Å². The predicted octanol–water partition coefficient (Wildman–Crippen LogP) is 5.58. The van der Waals surface area contributed by atoms with Gasteiger partial charge in [0.05, 0.1) is 0 Å². The summed E-state index contributed by atoms with van der Waals surface area (Å²) >= 11 is 0. The highest BCUT2D eigenvalue weighted by molar-refractivity contribution is 5.86. The van der Waals surface area contributed by atoms with Gasteiger partial charge < -0.3 is 9.80 Å². The summed E-state index contributed by atoms with van der Waals surface area (Å²) in [6, 6.07) is 19.1. The van der Waals surface area contributed by atoms with Gasteiger partial charge in [0.1, 0.15) is 6.17 Å². The standard InChI is InChI=1S/C24H24N4/c1-5-24(4)18-13-9-10-14-19(18)28-21-20(25-15-16-26-21)27(22(28)23(24,2)3)17-11-7-6-8-12-17/h5-16,22H,1H2,2-4H3. The van der Waals surface area contributed by atoms with Gasteiger partial charge in [-0.3, -0.25) is 0 Å². The van der Waals surface area contributed by atoms with Crippen molar-refractivity contribution in [2.45, 2.75) is 32.4 Å². The molecule has 0 saturated carbocycles. The van der Waals surface area contributed by atoms with Crippen LogP contribution < -0.4 is 9.80 Å². The number of hydrogen-bond donors (Lipinski definition) is 0. The van der Waals surface area contributed by atoms with E-state index in [1.54, 1.807) is 12.4 Å². The molecule has 0 N–H and O–H groups in total. The third-order valence-corrected chi connectivity index (χ3v) is 6.76. The van der Waals surface area contributed by atoms with Crippen molar-refractivity contribution >= 4 is 23.0 Å². The van der Waals surface area contributed by atoms with E-state index in [-0.39, 0.29) is 17.0 Å². The molecule has 0 radical (unpaired) electrons. The fourth-order valence-electron chi connectivity index (χ4n) is 4.86. The Labute approximate surface area is 166 Å². The van der Waals surface area contributed by atoms with Crippen molar-refractivity contribution in [3.63, 3.8) is 0 Å². The van der Waals surface area contributed by atoms with Crippen LogP contribution in [0.4, 0.5) is 23.0 Å². The molecule has 2 atom stereocenters. The maximum atomic E-state index is 4.75. The summed E-state index contributed by atoms with van der Waals surface area (Å²) < 4.78 is 0. The number of aromatic nitrogens is 2. The molecule has 2 aliphatic heterocycles. The monoisotopic (exact) mass is 368 g/mol. The SMILES string of the molecule is C=CC1(C)c2ccccc2N2c3nccnc3N(c3ccccc3)C2C1(C)C. The highest BCUT2D eigenvalue weighted by Crippen LogP contribution is 2.61. The predicted molar refractivity (Wildman–Crippen MR) is 114 cm³/mol. The van der Waals surface area contributed by atoms with Gasteiger partial charge in [0.2, 0.25) is 0 Å². The number of hydrogen-bond acceptors (Lipinski definition) is 4. The quantitative estimate of drug-likeness (QED) is 0.553. The normalized spacial score (nSPS) is 24.3. The number of fused-ring (bicyclic) bond motifs is 5. The van der Waals surface area contributed by atoms with Crippen molar-refractivity contribution in [2.24, 2.45) is 5.41 Å². The van der Waals surface area contributed by atoms with Crippen LogP contribution in [0.3, 0.4) is 0 Å². The Morgan fingerprint density at radius 3 is 2.14 bits per heavy atom. The fourth-order valence-corrected chi connectivity index (χ4v) is 4.86. The van der Waals surface area contributed by atoms with E-state index in [4.69, 9.17) is 9.97 Å². The minimum atomic E-state index is -0.208. The third kappa shape index (κ3) is 1.95. The number of allylic oxidation sites excluding steroid dienone is 1. The van der Waals surface area contributed by atoms with Gasteiger partial charge in [-0.1, -0.05) is 63.2 Å². The third-order valence-electron chi connectivity index (χ3n) is 6.76. The second kappa shape index (κ2) is 5.68. The molecule has 2 aromatic carbocycles. The highest BCUT2D eigenvalue weighted by atomic mass is 15.5. The Morgan fingerprint density at radius 1 is 0.857 bits per heavy atom. The molecular weight excluding hydrogens is 344 g/mol. The van der Waals surface area contributed by atoms with Crippen molar-refractivity contribution < 1.29 is 0 Å². The maximum Gasteiger partial charge on any atom is 0.178 e. The first kappa shape index (κ1) is 17.0. The van der Waals surface area contributed by atoms with E-state index < -0.39 is 0 Å². The molecule has 0 spiro atoms. The summed E-state index contributed by atoms with van der Waals surface area (Å²) in [5, 5.41) is 0. The lowest BCUT2D eigenvalue weighted by Crippen LogP contribution is -2.60. The van der Waals surface area contributed by atoms with Gasteiger partial charge in [0.25, 0.3) is 0 Å².